The summed E-state index contributed by atoms with van der Waals surface area (Å²) in [6.07, 6.45) is 0. The van der Waals surface area contributed by atoms with Crippen molar-refractivity contribution in [1.82, 2.24) is 19.8 Å². The third-order valence-corrected chi connectivity index (χ3v) is 3.32. The monoisotopic (exact) mass is 249 g/mol. The number of benzene rings is 1. The third kappa shape index (κ3) is 1.55. The van der Waals surface area contributed by atoms with Crippen LogP contribution in [0.3, 0.4) is 0 Å². The Balaban J connectivity index is 2.23. The van der Waals surface area contributed by atoms with E-state index in [2.05, 4.69) is 15.3 Å². The van der Waals surface area contributed by atoms with E-state index in [-0.39, 0.29) is 5.82 Å². The summed E-state index contributed by atoms with van der Waals surface area (Å²) in [5.41, 5.74) is 6.88. The molecule has 0 aliphatic heterocycles. The summed E-state index contributed by atoms with van der Waals surface area (Å²) in [6, 6.07) is 4.22. The number of nitrogens with zero attached hydrogens (tertiary/aromatic N) is 4. The molecule has 0 saturated heterocycles. The van der Waals surface area contributed by atoms with Crippen molar-refractivity contribution in [2.75, 3.05) is 5.73 Å². The number of nitrogen functional groups attached to an aromatic ring is 1. The highest BCUT2D eigenvalue weighted by atomic mass is 32.1. The van der Waals surface area contributed by atoms with Crippen molar-refractivity contribution in [3.63, 3.8) is 0 Å². The van der Waals surface area contributed by atoms with Crippen LogP contribution in [0.1, 0.15) is 5.82 Å². The first-order chi connectivity index (χ1) is 8.15. The van der Waals surface area contributed by atoms with Gasteiger partial charge in [-0.2, -0.15) is 9.61 Å². The predicted octanol–water partition coefficient (Wildman–Crippen LogP) is 1.88. The molecule has 0 aliphatic rings. The van der Waals surface area contributed by atoms with Crippen molar-refractivity contribution in [3.8, 4) is 10.6 Å². The van der Waals surface area contributed by atoms with Crippen molar-refractivity contribution in [3.05, 3.63) is 29.8 Å². The highest BCUT2D eigenvalue weighted by Gasteiger charge is 2.13. The first-order valence-corrected chi connectivity index (χ1v) is 5.71. The van der Waals surface area contributed by atoms with Crippen molar-refractivity contribution >= 4 is 22.0 Å². The van der Waals surface area contributed by atoms with E-state index >= 15 is 0 Å². The zero-order chi connectivity index (χ0) is 12.0. The summed E-state index contributed by atoms with van der Waals surface area (Å²) in [5, 5.41) is 12.8. The summed E-state index contributed by atoms with van der Waals surface area (Å²) < 4.78 is 14.8. The maximum absolute atomic E-state index is 13.2. The van der Waals surface area contributed by atoms with Crippen LogP contribution < -0.4 is 5.73 Å². The number of aryl methyl sites for hydroxylation is 1. The second-order valence-corrected chi connectivity index (χ2v) is 4.54. The van der Waals surface area contributed by atoms with Gasteiger partial charge < -0.3 is 5.73 Å². The fourth-order valence-corrected chi connectivity index (χ4v) is 2.46. The van der Waals surface area contributed by atoms with Crippen LogP contribution in [0.2, 0.25) is 0 Å². The minimum Gasteiger partial charge on any atom is -0.398 e. The van der Waals surface area contributed by atoms with Crippen LogP contribution >= 0.6 is 11.3 Å². The summed E-state index contributed by atoms with van der Waals surface area (Å²) in [4.78, 5) is 0.668. The zero-order valence-electron chi connectivity index (χ0n) is 8.88. The van der Waals surface area contributed by atoms with Gasteiger partial charge in [0.15, 0.2) is 5.82 Å². The largest absolute Gasteiger partial charge is 0.398 e. The molecule has 2 heterocycles. The molecule has 2 aromatic heterocycles. The standard InChI is InChI=1S/C10H8FN5S/c1-5-13-14-10-16(5)15-9(17-10)7-4-6(11)2-3-8(7)12/h2-4H,12H2,1H3. The fraction of sp³-hybridized carbons (Fsp3) is 0.100. The lowest BCUT2D eigenvalue weighted by Gasteiger charge is -2.00. The van der Waals surface area contributed by atoms with E-state index < -0.39 is 0 Å². The number of hydrogen-bond donors (Lipinski definition) is 1. The highest BCUT2D eigenvalue weighted by molar-refractivity contribution is 7.19. The molecule has 0 amide bonds. The molecule has 3 rings (SSSR count). The van der Waals surface area contributed by atoms with Gasteiger partial charge in [-0.3, -0.25) is 0 Å². The van der Waals surface area contributed by atoms with E-state index in [1.54, 1.807) is 11.4 Å². The lowest BCUT2D eigenvalue weighted by molar-refractivity contribution is 0.628. The van der Waals surface area contributed by atoms with E-state index in [9.17, 15) is 4.39 Å². The molecule has 0 atom stereocenters. The molecule has 2 N–H and O–H groups in total. The van der Waals surface area contributed by atoms with Crippen LogP contribution in [0.15, 0.2) is 18.2 Å². The van der Waals surface area contributed by atoms with Gasteiger partial charge in [0.1, 0.15) is 10.8 Å². The molecule has 0 saturated carbocycles. The topological polar surface area (TPSA) is 69.1 Å². The van der Waals surface area contributed by atoms with Crippen molar-refractivity contribution in [2.24, 2.45) is 0 Å². The average molecular weight is 249 g/mol. The Bertz CT molecular complexity index is 702. The van der Waals surface area contributed by atoms with Gasteiger partial charge in [0.25, 0.3) is 0 Å². The van der Waals surface area contributed by atoms with Crippen LogP contribution in [0.5, 0.6) is 0 Å². The lowest BCUT2D eigenvalue weighted by Crippen LogP contribution is -1.93. The Morgan fingerprint density at radius 2 is 2.18 bits per heavy atom. The molecule has 1 aromatic carbocycles. The molecule has 5 nitrogen and oxygen atoms in total. The Morgan fingerprint density at radius 3 is 2.94 bits per heavy atom. The Morgan fingerprint density at radius 1 is 1.35 bits per heavy atom. The Hall–Kier alpha value is -2.02. The molecule has 0 radical (unpaired) electrons. The Kier molecular flexibility index (Phi) is 2.08. The van der Waals surface area contributed by atoms with Crippen LogP contribution in [0.4, 0.5) is 10.1 Å². The van der Waals surface area contributed by atoms with Crippen LogP contribution in [-0.4, -0.2) is 19.8 Å². The van der Waals surface area contributed by atoms with Gasteiger partial charge in [-0.25, -0.2) is 4.39 Å². The van der Waals surface area contributed by atoms with Gasteiger partial charge in [-0.1, -0.05) is 11.3 Å². The SMILES string of the molecule is Cc1nnc2sc(-c3cc(F)ccc3N)nn12. The summed E-state index contributed by atoms with van der Waals surface area (Å²) in [6.45, 7) is 1.80. The summed E-state index contributed by atoms with van der Waals surface area (Å²) in [7, 11) is 0. The molecule has 86 valence electrons. The molecular weight excluding hydrogens is 241 g/mol. The number of anilines is 1. The van der Waals surface area contributed by atoms with E-state index in [4.69, 9.17) is 5.73 Å². The van der Waals surface area contributed by atoms with Crippen LogP contribution in [-0.2, 0) is 0 Å². The second-order valence-electron chi connectivity index (χ2n) is 3.58. The quantitative estimate of drug-likeness (QED) is 0.668. The maximum Gasteiger partial charge on any atom is 0.234 e. The molecule has 0 spiro atoms. The maximum atomic E-state index is 13.2. The minimum atomic E-state index is -0.336. The number of halogens is 1. The predicted molar refractivity (Wildman–Crippen MR) is 63.2 cm³/mol. The number of aromatic nitrogens is 4. The molecule has 0 aliphatic carbocycles. The third-order valence-electron chi connectivity index (χ3n) is 2.39. The number of hydrogen-bond acceptors (Lipinski definition) is 5. The number of fused-ring (bicyclic) bond motifs is 1. The van der Waals surface area contributed by atoms with E-state index in [0.717, 1.165) is 0 Å². The lowest BCUT2D eigenvalue weighted by atomic mass is 10.2. The summed E-state index contributed by atoms with van der Waals surface area (Å²) >= 11 is 1.33. The van der Waals surface area contributed by atoms with Crippen molar-refractivity contribution < 1.29 is 4.39 Å². The highest BCUT2D eigenvalue weighted by Crippen LogP contribution is 2.30. The van der Waals surface area contributed by atoms with Crippen LogP contribution in [0, 0.1) is 12.7 Å². The average Bonchev–Trinajstić information content (AvgIpc) is 2.85. The second kappa shape index (κ2) is 3.49. The molecule has 3 aromatic rings. The van der Waals surface area contributed by atoms with Gasteiger partial charge in [0, 0.05) is 11.3 Å². The van der Waals surface area contributed by atoms with Crippen LogP contribution in [0.25, 0.3) is 15.5 Å². The fourth-order valence-electron chi connectivity index (χ4n) is 1.54. The first kappa shape index (κ1) is 10.2. The van der Waals surface area contributed by atoms with Gasteiger partial charge in [-0.15, -0.1) is 10.2 Å². The number of nitrogens with two attached hydrogens (primary N) is 1. The minimum absolute atomic E-state index is 0.336. The van der Waals surface area contributed by atoms with E-state index in [0.29, 0.717) is 27.0 Å². The molecule has 7 heteroatoms. The smallest absolute Gasteiger partial charge is 0.234 e. The molecular formula is C10H8FN5S. The van der Waals surface area contributed by atoms with E-state index in [1.165, 1.54) is 29.5 Å². The van der Waals surface area contributed by atoms with Crippen molar-refractivity contribution in [2.45, 2.75) is 6.92 Å². The molecule has 17 heavy (non-hydrogen) atoms. The van der Waals surface area contributed by atoms with Gasteiger partial charge >= 0.3 is 0 Å². The van der Waals surface area contributed by atoms with Crippen molar-refractivity contribution in [1.29, 1.82) is 0 Å². The molecule has 0 fully saturated rings. The van der Waals surface area contributed by atoms with Gasteiger partial charge in [-0.05, 0) is 25.1 Å². The number of rotatable bonds is 1. The molecule has 0 bridgehead atoms. The Labute approximate surface area is 99.7 Å². The van der Waals surface area contributed by atoms with Gasteiger partial charge in [0.2, 0.25) is 4.96 Å². The zero-order valence-corrected chi connectivity index (χ0v) is 9.70. The normalized spacial score (nSPS) is 11.2. The molecule has 0 unspecified atom stereocenters. The first-order valence-electron chi connectivity index (χ1n) is 4.89. The van der Waals surface area contributed by atoms with Gasteiger partial charge in [0.05, 0.1) is 0 Å². The van der Waals surface area contributed by atoms with E-state index in [1.807, 2.05) is 0 Å². The summed E-state index contributed by atoms with van der Waals surface area (Å²) in [5.74, 6) is 0.356.